The summed E-state index contributed by atoms with van der Waals surface area (Å²) in [5.74, 6) is -1.23. The third kappa shape index (κ3) is 3.67. The number of carbonyl (C=O) groups is 3. The summed E-state index contributed by atoms with van der Waals surface area (Å²) in [4.78, 5) is 38.4. The van der Waals surface area contributed by atoms with Crippen LogP contribution in [0.5, 0.6) is 11.5 Å². The van der Waals surface area contributed by atoms with Crippen LogP contribution in [0.25, 0.3) is 0 Å². The summed E-state index contributed by atoms with van der Waals surface area (Å²) in [6, 6.07) is 10.9. The molecule has 2 aromatic rings. The SMILES string of the molecule is C=C([NH2+]Cc1ccc2c(c1)OCO2)[C@@H]1C(=O)NC(=O)N(c2ccc(Cl)cc2)C1=O. The predicted molar refractivity (Wildman–Crippen MR) is 103 cm³/mol. The summed E-state index contributed by atoms with van der Waals surface area (Å²) in [5, 5.41) is 4.37. The normalized spacial score (nSPS) is 18.0. The minimum absolute atomic E-state index is 0.181. The van der Waals surface area contributed by atoms with Gasteiger partial charge in [0.05, 0.1) is 5.69 Å². The lowest BCUT2D eigenvalue weighted by Crippen LogP contribution is -2.83. The van der Waals surface area contributed by atoms with Crippen LogP contribution >= 0.6 is 11.6 Å². The van der Waals surface area contributed by atoms with E-state index in [2.05, 4.69) is 11.9 Å². The van der Waals surface area contributed by atoms with E-state index >= 15 is 0 Å². The van der Waals surface area contributed by atoms with Crippen LogP contribution in [0.2, 0.25) is 5.02 Å². The number of imide groups is 2. The van der Waals surface area contributed by atoms with Crippen molar-refractivity contribution in [3.05, 3.63) is 65.3 Å². The van der Waals surface area contributed by atoms with Crippen LogP contribution in [0.1, 0.15) is 5.56 Å². The second kappa shape index (κ2) is 7.57. The fraction of sp³-hybridized carbons (Fsp3) is 0.150. The maximum Gasteiger partial charge on any atom is 0.335 e. The van der Waals surface area contributed by atoms with E-state index in [1.807, 2.05) is 12.1 Å². The van der Waals surface area contributed by atoms with Crippen LogP contribution in [0.4, 0.5) is 10.5 Å². The van der Waals surface area contributed by atoms with Gasteiger partial charge in [0.1, 0.15) is 12.2 Å². The van der Waals surface area contributed by atoms with Crippen molar-refractivity contribution in [3.63, 3.8) is 0 Å². The maximum absolute atomic E-state index is 12.9. The number of amides is 4. The van der Waals surface area contributed by atoms with Crippen molar-refractivity contribution >= 4 is 35.1 Å². The van der Waals surface area contributed by atoms with Crippen molar-refractivity contribution in [2.24, 2.45) is 5.92 Å². The molecule has 2 heterocycles. The van der Waals surface area contributed by atoms with E-state index in [1.165, 1.54) is 12.1 Å². The zero-order chi connectivity index (χ0) is 20.5. The number of anilines is 1. The molecular weight excluding hydrogens is 398 g/mol. The lowest BCUT2D eigenvalue weighted by molar-refractivity contribution is -0.626. The highest BCUT2D eigenvalue weighted by atomic mass is 35.5. The van der Waals surface area contributed by atoms with E-state index in [1.54, 1.807) is 23.5 Å². The molecule has 0 unspecified atom stereocenters. The number of benzene rings is 2. The molecule has 9 heteroatoms. The minimum atomic E-state index is -1.20. The second-order valence-corrected chi connectivity index (χ2v) is 6.98. The van der Waals surface area contributed by atoms with Gasteiger partial charge < -0.3 is 14.8 Å². The first-order chi connectivity index (χ1) is 13.9. The van der Waals surface area contributed by atoms with Gasteiger partial charge >= 0.3 is 6.03 Å². The standard InChI is InChI=1S/C20H16ClN3O5/c1-11(22-9-12-2-7-15-16(8-12)29-10-28-15)17-18(25)23-20(27)24(19(17)26)14-5-3-13(21)4-6-14/h2-8,17,22H,1,9-10H2,(H,23,25,27)/p+1/t17-/m1/s1. The number of urea groups is 1. The third-order valence-corrected chi connectivity index (χ3v) is 4.91. The molecule has 4 rings (SSSR count). The van der Waals surface area contributed by atoms with Crippen LogP contribution in [0.3, 0.4) is 0 Å². The monoisotopic (exact) mass is 414 g/mol. The van der Waals surface area contributed by atoms with E-state index in [9.17, 15) is 14.4 Å². The zero-order valence-corrected chi connectivity index (χ0v) is 15.9. The van der Waals surface area contributed by atoms with E-state index in [0.29, 0.717) is 34.5 Å². The first-order valence-corrected chi connectivity index (χ1v) is 9.17. The summed E-state index contributed by atoms with van der Waals surface area (Å²) in [6.45, 7) is 4.49. The Bertz CT molecular complexity index is 1020. The summed E-state index contributed by atoms with van der Waals surface area (Å²) in [7, 11) is 0. The van der Waals surface area contributed by atoms with E-state index in [0.717, 1.165) is 10.5 Å². The number of halogens is 1. The molecule has 1 atom stereocenters. The highest BCUT2D eigenvalue weighted by molar-refractivity contribution is 6.31. The smallest absolute Gasteiger partial charge is 0.335 e. The molecule has 0 aliphatic carbocycles. The van der Waals surface area contributed by atoms with Gasteiger partial charge in [-0.1, -0.05) is 11.6 Å². The number of barbiturate groups is 1. The van der Waals surface area contributed by atoms with Crippen LogP contribution in [-0.4, -0.2) is 24.6 Å². The molecule has 0 bridgehead atoms. The van der Waals surface area contributed by atoms with Crippen molar-refractivity contribution in [2.75, 3.05) is 11.7 Å². The van der Waals surface area contributed by atoms with Gasteiger partial charge in [-0.05, 0) is 49.0 Å². The molecular formula is C20H17ClN3O5+. The summed E-state index contributed by atoms with van der Waals surface area (Å²) < 4.78 is 10.6. The first-order valence-electron chi connectivity index (χ1n) is 8.79. The molecule has 0 spiro atoms. The topological polar surface area (TPSA) is 102 Å². The first kappa shape index (κ1) is 19.0. The molecule has 0 aromatic heterocycles. The number of rotatable bonds is 5. The fourth-order valence-electron chi connectivity index (χ4n) is 3.17. The Labute approximate surface area is 171 Å². The van der Waals surface area contributed by atoms with Crippen molar-refractivity contribution in [2.45, 2.75) is 6.54 Å². The number of nitrogens with zero attached hydrogens (tertiary/aromatic N) is 1. The number of hydrogen-bond acceptors (Lipinski definition) is 5. The van der Waals surface area contributed by atoms with E-state index in [4.69, 9.17) is 21.1 Å². The molecule has 1 saturated heterocycles. The van der Waals surface area contributed by atoms with Crippen LogP contribution in [0, 0.1) is 5.92 Å². The number of carbonyl (C=O) groups excluding carboxylic acids is 3. The number of nitrogens with two attached hydrogens (primary N) is 1. The van der Waals surface area contributed by atoms with Gasteiger partial charge in [0, 0.05) is 10.6 Å². The van der Waals surface area contributed by atoms with Gasteiger partial charge in [-0.3, -0.25) is 14.9 Å². The molecule has 4 amide bonds. The number of ether oxygens (including phenoxy) is 2. The Morgan fingerprint density at radius 1 is 1.14 bits per heavy atom. The Morgan fingerprint density at radius 3 is 2.62 bits per heavy atom. The number of quaternary nitrogens is 1. The third-order valence-electron chi connectivity index (χ3n) is 4.66. The zero-order valence-electron chi connectivity index (χ0n) is 15.2. The van der Waals surface area contributed by atoms with Crippen molar-refractivity contribution in [1.82, 2.24) is 5.32 Å². The largest absolute Gasteiger partial charge is 0.454 e. The summed E-state index contributed by atoms with van der Waals surface area (Å²) in [5.41, 5.74) is 1.53. The molecule has 2 aliphatic rings. The predicted octanol–water partition coefficient (Wildman–Crippen LogP) is 1.54. The summed E-state index contributed by atoms with van der Waals surface area (Å²) in [6.07, 6.45) is 0. The highest BCUT2D eigenvalue weighted by Gasteiger charge is 2.44. The fourth-order valence-corrected chi connectivity index (χ4v) is 3.30. The molecule has 0 saturated carbocycles. The van der Waals surface area contributed by atoms with E-state index in [-0.39, 0.29) is 6.79 Å². The number of fused-ring (bicyclic) bond motifs is 1. The van der Waals surface area contributed by atoms with Gasteiger partial charge in [-0.25, -0.2) is 9.69 Å². The molecule has 29 heavy (non-hydrogen) atoms. The van der Waals surface area contributed by atoms with Crippen molar-refractivity contribution < 1.29 is 29.2 Å². The number of nitrogens with one attached hydrogen (secondary N) is 1. The Balaban J connectivity index is 1.49. The van der Waals surface area contributed by atoms with Crippen molar-refractivity contribution in [1.29, 1.82) is 0 Å². The average molecular weight is 415 g/mol. The molecule has 1 fully saturated rings. The van der Waals surface area contributed by atoms with Crippen LogP contribution in [-0.2, 0) is 16.1 Å². The molecule has 0 radical (unpaired) electrons. The van der Waals surface area contributed by atoms with Gasteiger partial charge in [0.25, 0.3) is 11.8 Å². The molecule has 2 aliphatic heterocycles. The van der Waals surface area contributed by atoms with E-state index < -0.39 is 23.8 Å². The van der Waals surface area contributed by atoms with Crippen LogP contribution in [0.15, 0.2) is 54.7 Å². The lowest BCUT2D eigenvalue weighted by Gasteiger charge is -2.29. The van der Waals surface area contributed by atoms with Gasteiger partial charge in [0.2, 0.25) is 6.79 Å². The molecule has 8 nitrogen and oxygen atoms in total. The lowest BCUT2D eigenvalue weighted by atomic mass is 10.0. The summed E-state index contributed by atoms with van der Waals surface area (Å²) >= 11 is 5.87. The molecule has 2 aromatic carbocycles. The highest BCUT2D eigenvalue weighted by Crippen LogP contribution is 2.32. The molecule has 148 valence electrons. The Hall–Kier alpha value is -3.36. The van der Waals surface area contributed by atoms with Gasteiger partial charge in [-0.2, -0.15) is 0 Å². The maximum atomic E-state index is 12.9. The van der Waals surface area contributed by atoms with Gasteiger partial charge in [0.15, 0.2) is 17.4 Å². The second-order valence-electron chi connectivity index (χ2n) is 6.55. The quantitative estimate of drug-likeness (QED) is 0.723. The van der Waals surface area contributed by atoms with Gasteiger partial charge in [-0.15, -0.1) is 0 Å². The van der Waals surface area contributed by atoms with Crippen molar-refractivity contribution in [3.8, 4) is 11.5 Å². The minimum Gasteiger partial charge on any atom is -0.454 e. The van der Waals surface area contributed by atoms with Crippen LogP contribution < -0.4 is 25.0 Å². The average Bonchev–Trinajstić information content (AvgIpc) is 3.15. The Morgan fingerprint density at radius 2 is 1.86 bits per heavy atom. The number of hydrogen-bond donors (Lipinski definition) is 2. The Kier molecular flexibility index (Phi) is 4.96. The molecule has 3 N–H and O–H groups in total.